The molecule has 5 heteroatoms. The summed E-state index contributed by atoms with van der Waals surface area (Å²) in [5, 5.41) is 3.20. The normalized spacial score (nSPS) is 14.5. The van der Waals surface area contributed by atoms with E-state index in [1.54, 1.807) is 11.8 Å². The lowest BCUT2D eigenvalue weighted by Gasteiger charge is -2.13. The van der Waals surface area contributed by atoms with Gasteiger partial charge in [0.1, 0.15) is 0 Å². The van der Waals surface area contributed by atoms with E-state index >= 15 is 0 Å². The van der Waals surface area contributed by atoms with Gasteiger partial charge in [0.2, 0.25) is 5.91 Å². The Balaban J connectivity index is 1.54. The van der Waals surface area contributed by atoms with Crippen molar-refractivity contribution in [2.45, 2.75) is 18.6 Å². The molecule has 1 atom stereocenters. The average Bonchev–Trinajstić information content (AvgIpc) is 2.85. The van der Waals surface area contributed by atoms with E-state index in [1.165, 1.54) is 5.56 Å². The first-order valence-electron chi connectivity index (χ1n) is 8.08. The van der Waals surface area contributed by atoms with Crippen LogP contribution in [0.1, 0.15) is 24.2 Å². The molecular weight excluding hydrogens is 322 g/mol. The zero-order valence-electron chi connectivity index (χ0n) is 13.7. The summed E-state index contributed by atoms with van der Waals surface area (Å²) in [4.78, 5) is 12.2. The lowest BCUT2D eigenvalue weighted by atomic mass is 10.2. The largest absolute Gasteiger partial charge is 0.490 e. The van der Waals surface area contributed by atoms with Crippen LogP contribution in [0.3, 0.4) is 0 Å². The number of benzene rings is 2. The molecule has 24 heavy (non-hydrogen) atoms. The smallest absolute Gasteiger partial charge is 0.234 e. The Labute approximate surface area is 146 Å². The molecule has 126 valence electrons. The zero-order valence-corrected chi connectivity index (χ0v) is 14.5. The molecule has 2 aromatic carbocycles. The van der Waals surface area contributed by atoms with Gasteiger partial charge in [-0.05, 0) is 24.6 Å². The zero-order chi connectivity index (χ0) is 16.8. The highest BCUT2D eigenvalue weighted by Crippen LogP contribution is 2.32. The van der Waals surface area contributed by atoms with Gasteiger partial charge in [-0.25, -0.2) is 0 Å². The van der Waals surface area contributed by atoms with Crippen molar-refractivity contribution in [1.82, 2.24) is 0 Å². The number of hydrogen-bond donors (Lipinski definition) is 1. The molecule has 0 aliphatic carbocycles. The minimum Gasteiger partial charge on any atom is -0.490 e. The van der Waals surface area contributed by atoms with Crippen molar-refractivity contribution in [3.05, 3.63) is 54.1 Å². The van der Waals surface area contributed by atoms with Crippen molar-refractivity contribution < 1.29 is 14.3 Å². The molecule has 1 aliphatic heterocycles. The van der Waals surface area contributed by atoms with Crippen molar-refractivity contribution in [3.8, 4) is 11.5 Å². The fourth-order valence-electron chi connectivity index (χ4n) is 2.46. The third kappa shape index (κ3) is 4.45. The van der Waals surface area contributed by atoms with E-state index in [4.69, 9.17) is 9.47 Å². The molecule has 0 bridgehead atoms. The van der Waals surface area contributed by atoms with Gasteiger partial charge in [-0.3, -0.25) is 4.79 Å². The van der Waals surface area contributed by atoms with Gasteiger partial charge in [0.25, 0.3) is 0 Å². The van der Waals surface area contributed by atoms with Crippen LogP contribution >= 0.6 is 11.8 Å². The summed E-state index contributed by atoms with van der Waals surface area (Å²) < 4.78 is 11.2. The molecule has 0 spiro atoms. The van der Waals surface area contributed by atoms with Crippen LogP contribution in [0, 0.1) is 0 Å². The van der Waals surface area contributed by atoms with E-state index in [0.29, 0.717) is 24.7 Å². The standard InChI is InChI=1S/C19H21NO3S/c1-14(15-6-3-2-4-7-15)24-13-19(21)20-16-8-9-17-18(12-16)23-11-5-10-22-17/h2-4,6-9,12,14H,5,10-11,13H2,1H3,(H,20,21). The SMILES string of the molecule is CC(SCC(=O)Nc1ccc2c(c1)OCCCO2)c1ccccc1. The van der Waals surface area contributed by atoms with Gasteiger partial charge in [0, 0.05) is 23.4 Å². The molecule has 3 rings (SSSR count). The summed E-state index contributed by atoms with van der Waals surface area (Å²) in [5.74, 6) is 1.82. The number of fused-ring (bicyclic) bond motifs is 1. The number of amides is 1. The Morgan fingerprint density at radius 2 is 1.88 bits per heavy atom. The first kappa shape index (κ1) is 16.7. The van der Waals surface area contributed by atoms with Crippen LogP contribution in [0.2, 0.25) is 0 Å². The van der Waals surface area contributed by atoms with E-state index < -0.39 is 0 Å². The molecular formula is C19H21NO3S. The van der Waals surface area contributed by atoms with E-state index in [2.05, 4.69) is 24.4 Å². The fourth-order valence-corrected chi connectivity index (χ4v) is 3.28. The summed E-state index contributed by atoms with van der Waals surface area (Å²) >= 11 is 1.62. The molecule has 0 saturated heterocycles. The highest BCUT2D eigenvalue weighted by atomic mass is 32.2. The Morgan fingerprint density at radius 1 is 1.12 bits per heavy atom. The van der Waals surface area contributed by atoms with Gasteiger partial charge in [-0.15, -0.1) is 11.8 Å². The molecule has 1 aliphatic rings. The van der Waals surface area contributed by atoms with Crippen LogP contribution in [0.4, 0.5) is 5.69 Å². The van der Waals surface area contributed by atoms with E-state index in [9.17, 15) is 4.79 Å². The van der Waals surface area contributed by atoms with E-state index in [0.717, 1.165) is 17.9 Å². The molecule has 1 unspecified atom stereocenters. The lowest BCUT2D eigenvalue weighted by molar-refractivity contribution is -0.113. The maximum absolute atomic E-state index is 12.2. The maximum atomic E-state index is 12.2. The van der Waals surface area contributed by atoms with Gasteiger partial charge in [0.15, 0.2) is 11.5 Å². The summed E-state index contributed by atoms with van der Waals surface area (Å²) in [6.45, 7) is 3.41. The molecule has 2 aromatic rings. The van der Waals surface area contributed by atoms with Crippen LogP contribution in [0.25, 0.3) is 0 Å². The number of ether oxygens (including phenoxy) is 2. The second kappa shape index (κ2) is 8.11. The quantitative estimate of drug-likeness (QED) is 0.880. The topological polar surface area (TPSA) is 47.6 Å². The number of hydrogen-bond acceptors (Lipinski definition) is 4. The Kier molecular flexibility index (Phi) is 5.64. The average molecular weight is 343 g/mol. The van der Waals surface area contributed by atoms with E-state index in [-0.39, 0.29) is 11.2 Å². The Bertz CT molecular complexity index is 690. The van der Waals surface area contributed by atoms with Crippen molar-refractivity contribution in [2.75, 3.05) is 24.3 Å². The molecule has 0 saturated carbocycles. The molecule has 1 N–H and O–H groups in total. The minimum atomic E-state index is -0.0164. The number of thioether (sulfide) groups is 1. The Morgan fingerprint density at radius 3 is 2.67 bits per heavy atom. The van der Waals surface area contributed by atoms with Crippen molar-refractivity contribution in [1.29, 1.82) is 0 Å². The maximum Gasteiger partial charge on any atom is 0.234 e. The third-order valence-corrected chi connectivity index (χ3v) is 4.97. The van der Waals surface area contributed by atoms with E-state index in [1.807, 2.05) is 36.4 Å². The van der Waals surface area contributed by atoms with Gasteiger partial charge >= 0.3 is 0 Å². The highest BCUT2D eigenvalue weighted by Gasteiger charge is 2.13. The number of nitrogens with one attached hydrogen (secondary N) is 1. The predicted octanol–water partition coefficient (Wildman–Crippen LogP) is 4.28. The third-order valence-electron chi connectivity index (χ3n) is 3.76. The van der Waals surface area contributed by atoms with Gasteiger partial charge in [-0.1, -0.05) is 30.3 Å². The Hall–Kier alpha value is -2.14. The first-order chi connectivity index (χ1) is 11.7. The highest BCUT2D eigenvalue weighted by molar-refractivity contribution is 8.00. The summed E-state index contributed by atoms with van der Waals surface area (Å²) in [5.41, 5.74) is 1.96. The minimum absolute atomic E-state index is 0.0164. The second-order valence-electron chi connectivity index (χ2n) is 5.62. The summed E-state index contributed by atoms with van der Waals surface area (Å²) in [6.07, 6.45) is 0.865. The summed E-state index contributed by atoms with van der Waals surface area (Å²) in [7, 11) is 0. The molecule has 1 amide bonds. The predicted molar refractivity (Wildman–Crippen MR) is 98.0 cm³/mol. The molecule has 0 aromatic heterocycles. The van der Waals surface area contributed by atoms with Gasteiger partial charge in [-0.2, -0.15) is 0 Å². The monoisotopic (exact) mass is 343 g/mol. The fraction of sp³-hybridized carbons (Fsp3) is 0.316. The number of anilines is 1. The van der Waals surface area contributed by atoms with Gasteiger partial charge in [0.05, 0.1) is 19.0 Å². The van der Waals surface area contributed by atoms with Crippen LogP contribution in [0.5, 0.6) is 11.5 Å². The van der Waals surface area contributed by atoms with Crippen LogP contribution < -0.4 is 14.8 Å². The second-order valence-corrected chi connectivity index (χ2v) is 6.95. The van der Waals surface area contributed by atoms with Crippen LogP contribution in [-0.4, -0.2) is 24.9 Å². The molecule has 0 radical (unpaired) electrons. The summed E-state index contributed by atoms with van der Waals surface area (Å²) in [6, 6.07) is 15.7. The van der Waals surface area contributed by atoms with Crippen LogP contribution in [-0.2, 0) is 4.79 Å². The number of rotatable bonds is 5. The molecule has 4 nitrogen and oxygen atoms in total. The number of carbonyl (C=O) groups excluding carboxylic acids is 1. The van der Waals surface area contributed by atoms with Gasteiger partial charge < -0.3 is 14.8 Å². The number of carbonyl (C=O) groups is 1. The van der Waals surface area contributed by atoms with Crippen molar-refractivity contribution >= 4 is 23.4 Å². The van der Waals surface area contributed by atoms with Crippen LogP contribution in [0.15, 0.2) is 48.5 Å². The van der Waals surface area contributed by atoms with Crippen molar-refractivity contribution in [3.63, 3.8) is 0 Å². The first-order valence-corrected chi connectivity index (χ1v) is 9.13. The lowest BCUT2D eigenvalue weighted by Crippen LogP contribution is -2.14. The molecule has 1 heterocycles. The molecule has 0 fully saturated rings. The van der Waals surface area contributed by atoms with Crippen molar-refractivity contribution in [2.24, 2.45) is 0 Å².